The van der Waals surface area contributed by atoms with Gasteiger partial charge in [0, 0.05) is 27.3 Å². The van der Waals surface area contributed by atoms with Crippen LogP contribution in [0.2, 0.25) is 0 Å². The average molecular weight is 375 g/mol. The Morgan fingerprint density at radius 1 is 0.778 bits per heavy atom. The van der Waals surface area contributed by atoms with Crippen LogP contribution >= 0.6 is 12.6 Å². The second-order valence-electron chi connectivity index (χ2n) is 6.16. The fraction of sp³-hybridized carbons (Fsp3) is 0. The van der Waals surface area contributed by atoms with Crippen molar-refractivity contribution >= 4 is 35.9 Å². The summed E-state index contributed by atoms with van der Waals surface area (Å²) in [5, 5.41) is 9.62. The summed E-state index contributed by atoms with van der Waals surface area (Å²) in [5.41, 5.74) is 7.63. The number of carboxylic acids is 1. The van der Waals surface area contributed by atoms with Gasteiger partial charge in [0.25, 0.3) is 0 Å². The fourth-order valence-electron chi connectivity index (χ4n) is 3.46. The number of aromatic carboxylic acids is 1. The molecule has 0 bridgehead atoms. The van der Waals surface area contributed by atoms with Gasteiger partial charge in [0.1, 0.15) is 0 Å². The topological polar surface area (TPSA) is 97.5 Å². The normalized spacial score (nSPS) is 12.5. The minimum atomic E-state index is -1.17. The Bertz CT molecular complexity index is 1170. The number of carboxylic acid groups (broad SMARTS) is 1. The highest BCUT2D eigenvalue weighted by atomic mass is 32.1. The summed E-state index contributed by atoms with van der Waals surface area (Å²) in [4.78, 5) is 38.2. The molecule has 0 atom stereocenters. The van der Waals surface area contributed by atoms with Gasteiger partial charge in [0.2, 0.25) is 0 Å². The standard InChI is InChI=1S/C21H13NO4S/c22-14-9-8-11(10-6-3-7-15(27)16(10)21(25)26)17-18(14)20(24)13-5-2-1-4-12(13)19(17)23/h1-9,27H,22H2,(H,25,26). The van der Waals surface area contributed by atoms with Gasteiger partial charge in [-0.25, -0.2) is 4.79 Å². The Labute approximate surface area is 159 Å². The van der Waals surface area contributed by atoms with E-state index in [2.05, 4.69) is 12.6 Å². The minimum Gasteiger partial charge on any atom is -0.478 e. The molecule has 1 aliphatic rings. The van der Waals surface area contributed by atoms with E-state index in [1.807, 2.05) is 0 Å². The van der Waals surface area contributed by atoms with Crippen LogP contribution in [0.4, 0.5) is 5.69 Å². The zero-order chi connectivity index (χ0) is 19.3. The Balaban J connectivity index is 2.09. The summed E-state index contributed by atoms with van der Waals surface area (Å²) in [6, 6.07) is 14.4. The number of fused-ring (bicyclic) bond motifs is 2. The smallest absolute Gasteiger partial charge is 0.337 e. The van der Waals surface area contributed by atoms with Crippen molar-refractivity contribution < 1.29 is 19.5 Å². The predicted molar refractivity (Wildman–Crippen MR) is 104 cm³/mol. The molecule has 0 saturated carbocycles. The zero-order valence-corrected chi connectivity index (χ0v) is 14.8. The molecule has 3 aromatic carbocycles. The van der Waals surface area contributed by atoms with Crippen LogP contribution in [0.3, 0.4) is 0 Å². The van der Waals surface area contributed by atoms with Crippen LogP contribution in [0.5, 0.6) is 0 Å². The lowest BCUT2D eigenvalue weighted by Crippen LogP contribution is -2.23. The lowest BCUT2D eigenvalue weighted by Gasteiger charge is -2.22. The molecule has 132 valence electrons. The minimum absolute atomic E-state index is 0.0353. The molecular formula is C21H13NO4S. The number of thiol groups is 1. The number of carbonyl (C=O) groups excluding carboxylic acids is 2. The van der Waals surface area contributed by atoms with Crippen molar-refractivity contribution in [3.8, 4) is 11.1 Å². The number of nitrogen functional groups attached to an aromatic ring is 1. The van der Waals surface area contributed by atoms with Crippen LogP contribution in [0.1, 0.15) is 42.2 Å². The molecule has 27 heavy (non-hydrogen) atoms. The largest absolute Gasteiger partial charge is 0.478 e. The summed E-state index contributed by atoms with van der Waals surface area (Å²) in [6.07, 6.45) is 0. The van der Waals surface area contributed by atoms with Gasteiger partial charge in [0.05, 0.1) is 11.1 Å². The number of rotatable bonds is 2. The number of carbonyl (C=O) groups is 3. The molecule has 3 N–H and O–H groups in total. The van der Waals surface area contributed by atoms with Crippen molar-refractivity contribution in [2.45, 2.75) is 4.90 Å². The first kappa shape index (κ1) is 17.1. The van der Waals surface area contributed by atoms with E-state index in [-0.39, 0.29) is 44.4 Å². The molecule has 0 saturated heterocycles. The van der Waals surface area contributed by atoms with Crippen LogP contribution in [-0.4, -0.2) is 22.6 Å². The van der Waals surface area contributed by atoms with Crippen molar-refractivity contribution in [1.82, 2.24) is 0 Å². The highest BCUT2D eigenvalue weighted by Gasteiger charge is 2.34. The number of nitrogens with two attached hydrogens (primary N) is 1. The van der Waals surface area contributed by atoms with E-state index in [0.717, 1.165) is 0 Å². The van der Waals surface area contributed by atoms with Crippen molar-refractivity contribution in [2.24, 2.45) is 0 Å². The van der Waals surface area contributed by atoms with Gasteiger partial charge in [-0.3, -0.25) is 9.59 Å². The first-order valence-corrected chi connectivity index (χ1v) is 8.53. The molecular weight excluding hydrogens is 362 g/mol. The highest BCUT2D eigenvalue weighted by molar-refractivity contribution is 7.80. The first-order valence-electron chi connectivity index (χ1n) is 8.08. The van der Waals surface area contributed by atoms with E-state index in [1.54, 1.807) is 48.5 Å². The number of benzene rings is 3. The van der Waals surface area contributed by atoms with Crippen LogP contribution < -0.4 is 5.73 Å². The molecule has 5 nitrogen and oxygen atoms in total. The summed E-state index contributed by atoms with van der Waals surface area (Å²) in [7, 11) is 0. The lowest BCUT2D eigenvalue weighted by molar-refractivity contribution is 0.0693. The number of anilines is 1. The van der Waals surface area contributed by atoms with Crippen molar-refractivity contribution in [3.63, 3.8) is 0 Å². The van der Waals surface area contributed by atoms with Crippen LogP contribution in [0, 0.1) is 0 Å². The van der Waals surface area contributed by atoms with Crippen molar-refractivity contribution in [3.05, 3.63) is 82.4 Å². The van der Waals surface area contributed by atoms with Crippen molar-refractivity contribution in [1.29, 1.82) is 0 Å². The maximum Gasteiger partial charge on any atom is 0.337 e. The fourth-order valence-corrected chi connectivity index (χ4v) is 3.76. The number of hydrogen-bond donors (Lipinski definition) is 3. The Hall–Kier alpha value is -3.38. The molecule has 0 heterocycles. The van der Waals surface area contributed by atoms with Gasteiger partial charge in [0.15, 0.2) is 11.6 Å². The third-order valence-corrected chi connectivity index (χ3v) is 5.03. The van der Waals surface area contributed by atoms with Crippen LogP contribution in [0.25, 0.3) is 11.1 Å². The van der Waals surface area contributed by atoms with Gasteiger partial charge >= 0.3 is 5.97 Å². The molecule has 0 radical (unpaired) electrons. The molecule has 4 rings (SSSR count). The Morgan fingerprint density at radius 3 is 2.00 bits per heavy atom. The average Bonchev–Trinajstić information content (AvgIpc) is 2.65. The molecule has 0 fully saturated rings. The van der Waals surface area contributed by atoms with Gasteiger partial charge in [-0.1, -0.05) is 42.5 Å². The van der Waals surface area contributed by atoms with Gasteiger partial charge < -0.3 is 10.8 Å². The molecule has 0 aromatic heterocycles. The van der Waals surface area contributed by atoms with E-state index in [9.17, 15) is 19.5 Å². The lowest BCUT2D eigenvalue weighted by atomic mass is 9.79. The Kier molecular flexibility index (Phi) is 3.86. The van der Waals surface area contributed by atoms with Crippen LogP contribution in [0.15, 0.2) is 59.5 Å². The van der Waals surface area contributed by atoms with Crippen LogP contribution in [-0.2, 0) is 0 Å². The van der Waals surface area contributed by atoms with E-state index in [0.29, 0.717) is 16.7 Å². The third kappa shape index (κ3) is 2.45. The van der Waals surface area contributed by atoms with Crippen molar-refractivity contribution in [2.75, 3.05) is 5.73 Å². The molecule has 3 aromatic rings. The second kappa shape index (κ2) is 6.10. The molecule has 0 amide bonds. The van der Waals surface area contributed by atoms with Gasteiger partial charge in [-0.05, 0) is 23.3 Å². The predicted octanol–water partition coefficient (Wildman–Crippen LogP) is 3.70. The van der Waals surface area contributed by atoms with Gasteiger partial charge in [-0.2, -0.15) is 0 Å². The molecule has 0 spiro atoms. The third-order valence-electron chi connectivity index (χ3n) is 4.65. The maximum atomic E-state index is 13.2. The summed E-state index contributed by atoms with van der Waals surface area (Å²) in [5.74, 6) is -1.88. The molecule has 0 unspecified atom stereocenters. The molecule has 6 heteroatoms. The maximum absolute atomic E-state index is 13.2. The zero-order valence-electron chi connectivity index (χ0n) is 13.9. The Morgan fingerprint density at radius 2 is 1.37 bits per heavy atom. The number of ketones is 2. The van der Waals surface area contributed by atoms with E-state index in [4.69, 9.17) is 5.73 Å². The quantitative estimate of drug-likeness (QED) is 0.367. The second-order valence-corrected chi connectivity index (χ2v) is 6.64. The highest BCUT2D eigenvalue weighted by Crippen LogP contribution is 2.39. The monoisotopic (exact) mass is 375 g/mol. The first-order chi connectivity index (χ1) is 12.9. The summed E-state index contributed by atoms with van der Waals surface area (Å²) < 4.78 is 0. The van der Waals surface area contributed by atoms with E-state index < -0.39 is 5.97 Å². The SMILES string of the molecule is Nc1ccc(-c2cccc(S)c2C(=O)O)c2c1C(=O)c1ccccc1C2=O. The summed E-state index contributed by atoms with van der Waals surface area (Å²) in [6.45, 7) is 0. The molecule has 0 aliphatic heterocycles. The summed E-state index contributed by atoms with van der Waals surface area (Å²) >= 11 is 4.23. The van der Waals surface area contributed by atoms with E-state index in [1.165, 1.54) is 6.07 Å². The van der Waals surface area contributed by atoms with E-state index >= 15 is 0 Å². The number of hydrogen-bond acceptors (Lipinski definition) is 5. The van der Waals surface area contributed by atoms with Gasteiger partial charge in [-0.15, -0.1) is 12.6 Å². The molecule has 1 aliphatic carbocycles.